The molecule has 4 nitrogen and oxygen atoms in total. The van der Waals surface area contributed by atoms with Crippen molar-refractivity contribution in [3.8, 4) is 5.75 Å². The first-order valence-electron chi connectivity index (χ1n) is 5.99. The van der Waals surface area contributed by atoms with Crippen LogP contribution in [0.1, 0.15) is 5.56 Å². The van der Waals surface area contributed by atoms with Crippen LogP contribution in [0.4, 0.5) is 18.9 Å². The number of hydrogen-bond acceptors (Lipinski definition) is 4. The van der Waals surface area contributed by atoms with E-state index in [-0.39, 0.29) is 4.90 Å². The summed E-state index contributed by atoms with van der Waals surface area (Å²) in [6.45, 7) is 0. The van der Waals surface area contributed by atoms with Gasteiger partial charge in [0.05, 0.1) is 12.0 Å². The van der Waals surface area contributed by atoms with E-state index in [2.05, 4.69) is 0 Å². The molecule has 0 aliphatic rings. The number of rotatable bonds is 4. The second-order valence-corrected chi connectivity index (χ2v) is 5.36. The van der Waals surface area contributed by atoms with Crippen molar-refractivity contribution >= 4 is 17.4 Å². The average molecular weight is 329 g/mol. The lowest BCUT2D eigenvalue weighted by molar-refractivity contribution is -0.388. The number of methoxy groups -OCH3 is 1. The molecule has 0 aromatic heterocycles. The molecule has 0 spiro atoms. The van der Waals surface area contributed by atoms with Gasteiger partial charge in [0, 0.05) is 15.9 Å². The number of nitrogens with zero attached hydrogens (tertiary/aromatic N) is 1. The molecule has 22 heavy (non-hydrogen) atoms. The molecule has 2 aromatic rings. The summed E-state index contributed by atoms with van der Waals surface area (Å²) in [5, 5.41) is 10.7. The van der Waals surface area contributed by atoms with Crippen LogP contribution in [-0.2, 0) is 6.18 Å². The van der Waals surface area contributed by atoms with Crippen LogP contribution >= 0.6 is 11.8 Å². The van der Waals surface area contributed by atoms with Crippen LogP contribution in [-0.4, -0.2) is 12.0 Å². The summed E-state index contributed by atoms with van der Waals surface area (Å²) in [4.78, 5) is 10.6. The third-order valence-corrected chi connectivity index (χ3v) is 3.76. The van der Waals surface area contributed by atoms with Crippen molar-refractivity contribution in [1.82, 2.24) is 0 Å². The van der Waals surface area contributed by atoms with Crippen molar-refractivity contribution in [2.24, 2.45) is 0 Å². The van der Waals surface area contributed by atoms with E-state index in [9.17, 15) is 23.3 Å². The maximum absolute atomic E-state index is 12.9. The molecule has 0 bridgehead atoms. The zero-order valence-corrected chi connectivity index (χ0v) is 12.1. The molecule has 8 heteroatoms. The normalized spacial score (nSPS) is 11.3. The second-order valence-electron chi connectivity index (χ2n) is 4.21. The highest BCUT2D eigenvalue weighted by Gasteiger charge is 2.38. The lowest BCUT2D eigenvalue weighted by atomic mass is 10.2. The maximum atomic E-state index is 12.9. The van der Waals surface area contributed by atoms with Gasteiger partial charge in [-0.25, -0.2) is 0 Å². The molecule has 0 aliphatic carbocycles. The van der Waals surface area contributed by atoms with E-state index in [4.69, 9.17) is 4.74 Å². The molecule has 0 fully saturated rings. The Labute approximate surface area is 128 Å². The van der Waals surface area contributed by atoms with Gasteiger partial charge in [-0.1, -0.05) is 11.8 Å². The topological polar surface area (TPSA) is 52.4 Å². The number of benzene rings is 2. The number of ether oxygens (including phenoxy) is 1. The van der Waals surface area contributed by atoms with E-state index in [0.717, 1.165) is 23.9 Å². The summed E-state index contributed by atoms with van der Waals surface area (Å²) in [6, 6.07) is 9.69. The summed E-state index contributed by atoms with van der Waals surface area (Å²) in [5.74, 6) is 0.629. The van der Waals surface area contributed by atoms with Gasteiger partial charge in [0.1, 0.15) is 11.3 Å². The predicted molar refractivity (Wildman–Crippen MR) is 75.2 cm³/mol. The molecule has 0 amide bonds. The summed E-state index contributed by atoms with van der Waals surface area (Å²) in [5.41, 5.74) is -2.21. The molecule has 2 aromatic carbocycles. The number of nitro benzene ring substituents is 1. The van der Waals surface area contributed by atoms with Crippen LogP contribution in [0.5, 0.6) is 5.75 Å². The first-order valence-corrected chi connectivity index (χ1v) is 6.80. The maximum Gasteiger partial charge on any atom is 0.423 e. The molecule has 0 aliphatic heterocycles. The van der Waals surface area contributed by atoms with Crippen molar-refractivity contribution in [2.45, 2.75) is 16.0 Å². The van der Waals surface area contributed by atoms with E-state index >= 15 is 0 Å². The van der Waals surface area contributed by atoms with Crippen molar-refractivity contribution < 1.29 is 22.8 Å². The van der Waals surface area contributed by atoms with Crippen molar-refractivity contribution in [3.63, 3.8) is 0 Å². The van der Waals surface area contributed by atoms with Crippen LogP contribution in [0.3, 0.4) is 0 Å². The highest BCUT2D eigenvalue weighted by Crippen LogP contribution is 2.39. The van der Waals surface area contributed by atoms with Gasteiger partial charge in [0.25, 0.3) is 5.69 Å². The molecule has 0 saturated heterocycles. The first-order chi connectivity index (χ1) is 10.3. The molecule has 2 rings (SSSR count). The van der Waals surface area contributed by atoms with Crippen LogP contribution in [0.25, 0.3) is 0 Å². The molecule has 0 N–H and O–H groups in total. The van der Waals surface area contributed by atoms with E-state index in [1.165, 1.54) is 13.2 Å². The molecular formula is C14H10F3NO3S. The van der Waals surface area contributed by atoms with Gasteiger partial charge in [-0.3, -0.25) is 10.1 Å². The number of halogens is 3. The fraction of sp³-hybridized carbons (Fsp3) is 0.143. The Morgan fingerprint density at radius 3 is 2.18 bits per heavy atom. The summed E-state index contributed by atoms with van der Waals surface area (Å²) in [6.07, 6.45) is -4.78. The largest absolute Gasteiger partial charge is 0.497 e. The standard InChI is InChI=1S/C14H10F3NO3S/c1-21-9-2-4-10(5-3-9)22-11-6-7-13(18(19)20)12(8-11)14(15,16)17/h2-8H,1H3. The zero-order chi connectivity index (χ0) is 16.3. The molecule has 0 unspecified atom stereocenters. The highest BCUT2D eigenvalue weighted by molar-refractivity contribution is 7.99. The summed E-state index contributed by atoms with van der Waals surface area (Å²) >= 11 is 1.08. The third-order valence-electron chi connectivity index (χ3n) is 2.77. The smallest absolute Gasteiger partial charge is 0.423 e. The number of hydrogen-bond donors (Lipinski definition) is 0. The first kappa shape index (κ1) is 16.2. The minimum Gasteiger partial charge on any atom is -0.497 e. The van der Waals surface area contributed by atoms with Gasteiger partial charge in [0.15, 0.2) is 0 Å². The summed E-state index contributed by atoms with van der Waals surface area (Å²) < 4.78 is 43.7. The Hall–Kier alpha value is -2.22. The number of nitro groups is 1. The van der Waals surface area contributed by atoms with Crippen molar-refractivity contribution in [3.05, 3.63) is 58.1 Å². The Balaban J connectivity index is 2.33. The average Bonchev–Trinajstić information content (AvgIpc) is 2.47. The molecular weight excluding hydrogens is 319 g/mol. The zero-order valence-electron chi connectivity index (χ0n) is 11.3. The second kappa shape index (κ2) is 6.27. The van der Waals surface area contributed by atoms with Gasteiger partial charge in [-0.05, 0) is 36.4 Å². The molecule has 0 atom stereocenters. The molecule has 0 heterocycles. The minimum atomic E-state index is -4.78. The lowest BCUT2D eigenvalue weighted by Gasteiger charge is -2.09. The van der Waals surface area contributed by atoms with E-state index in [1.54, 1.807) is 24.3 Å². The SMILES string of the molecule is COc1ccc(Sc2ccc([N+](=O)[O-])c(C(F)(F)F)c2)cc1. The van der Waals surface area contributed by atoms with E-state index < -0.39 is 22.4 Å². The van der Waals surface area contributed by atoms with Crippen molar-refractivity contribution in [1.29, 1.82) is 0 Å². The lowest BCUT2D eigenvalue weighted by Crippen LogP contribution is -2.08. The molecule has 0 saturated carbocycles. The Bertz CT molecular complexity index is 687. The Kier molecular flexibility index (Phi) is 4.60. The fourth-order valence-corrected chi connectivity index (χ4v) is 2.60. The quantitative estimate of drug-likeness (QED) is 0.599. The molecule has 0 radical (unpaired) electrons. The third kappa shape index (κ3) is 3.70. The van der Waals surface area contributed by atoms with Crippen LogP contribution < -0.4 is 4.74 Å². The van der Waals surface area contributed by atoms with Gasteiger partial charge >= 0.3 is 6.18 Å². The van der Waals surface area contributed by atoms with Crippen LogP contribution in [0, 0.1) is 10.1 Å². The van der Waals surface area contributed by atoms with Crippen LogP contribution in [0.15, 0.2) is 52.3 Å². The van der Waals surface area contributed by atoms with Gasteiger partial charge in [0.2, 0.25) is 0 Å². The van der Waals surface area contributed by atoms with Crippen molar-refractivity contribution in [2.75, 3.05) is 7.11 Å². The fourth-order valence-electron chi connectivity index (χ4n) is 1.74. The monoisotopic (exact) mass is 329 g/mol. The highest BCUT2D eigenvalue weighted by atomic mass is 32.2. The summed E-state index contributed by atoms with van der Waals surface area (Å²) in [7, 11) is 1.51. The van der Waals surface area contributed by atoms with Gasteiger partial charge < -0.3 is 4.74 Å². The van der Waals surface area contributed by atoms with E-state index in [1.807, 2.05) is 0 Å². The number of alkyl halides is 3. The minimum absolute atomic E-state index is 0.267. The van der Waals surface area contributed by atoms with Gasteiger partial charge in [-0.2, -0.15) is 13.2 Å². The van der Waals surface area contributed by atoms with E-state index in [0.29, 0.717) is 10.6 Å². The van der Waals surface area contributed by atoms with Crippen LogP contribution in [0.2, 0.25) is 0 Å². The Morgan fingerprint density at radius 2 is 1.68 bits per heavy atom. The Morgan fingerprint density at radius 1 is 1.09 bits per heavy atom. The predicted octanol–water partition coefficient (Wildman–Crippen LogP) is 4.77. The van der Waals surface area contributed by atoms with Gasteiger partial charge in [-0.15, -0.1) is 0 Å². The molecule has 116 valence electrons.